The molecule has 3 aliphatic rings. The normalized spacial score (nSPS) is 21.6. The zero-order valence-electron chi connectivity index (χ0n) is 21.5. The molecule has 0 aliphatic heterocycles. The van der Waals surface area contributed by atoms with Gasteiger partial charge in [0.05, 0.1) is 0 Å². The van der Waals surface area contributed by atoms with Gasteiger partial charge in [0.2, 0.25) is 0 Å². The van der Waals surface area contributed by atoms with Crippen LogP contribution in [0.15, 0.2) is 103 Å². The number of allylic oxidation sites excluding steroid dienone is 2. The number of rotatable bonds is 4. The Balaban J connectivity index is 1.42. The van der Waals surface area contributed by atoms with Gasteiger partial charge < -0.3 is 0 Å². The molecule has 0 bridgehead atoms. The first-order chi connectivity index (χ1) is 19.1. The van der Waals surface area contributed by atoms with E-state index < -0.39 is 20.9 Å². The predicted octanol–water partition coefficient (Wildman–Crippen LogP) is 9.26. The Kier molecular flexibility index (Phi) is 5.57. The molecule has 192 valence electrons. The quantitative estimate of drug-likeness (QED) is 0.165. The number of nitrogens with zero attached hydrogens (tertiary/aromatic N) is 2. The van der Waals surface area contributed by atoms with Crippen molar-refractivity contribution in [1.29, 1.82) is 0 Å². The van der Waals surface area contributed by atoms with Gasteiger partial charge in [-0.3, -0.25) is 0 Å². The maximum absolute atomic E-state index is 8.16. The molecular formula is C34H28Cl2HfN2. The van der Waals surface area contributed by atoms with Gasteiger partial charge in [-0.25, -0.2) is 0 Å². The molecule has 0 spiro atoms. The van der Waals surface area contributed by atoms with Crippen LogP contribution in [0.4, 0.5) is 0 Å². The molecule has 5 aromatic rings. The molecule has 2 aromatic heterocycles. The van der Waals surface area contributed by atoms with Crippen LogP contribution in [0.3, 0.4) is 0 Å². The summed E-state index contributed by atoms with van der Waals surface area (Å²) in [4.78, 5) is 0. The van der Waals surface area contributed by atoms with Crippen molar-refractivity contribution in [3.8, 4) is 0 Å². The van der Waals surface area contributed by atoms with E-state index in [4.69, 9.17) is 17.2 Å². The topological polar surface area (TPSA) is 9.86 Å². The number of halogens is 2. The first kappa shape index (κ1) is 24.2. The molecule has 2 heterocycles. The van der Waals surface area contributed by atoms with Gasteiger partial charge in [-0.1, -0.05) is 0 Å². The van der Waals surface area contributed by atoms with Crippen molar-refractivity contribution in [1.82, 2.24) is 9.13 Å². The third kappa shape index (κ3) is 3.30. The van der Waals surface area contributed by atoms with Crippen LogP contribution in [0.1, 0.15) is 50.0 Å². The third-order valence-corrected chi connectivity index (χ3v) is 28.3. The molecule has 0 fully saturated rings. The fraction of sp³-hybridized carbons (Fsp3) is 0.176. The number of aryl methyl sites for hydroxylation is 1. The molecule has 2 nitrogen and oxygen atoms in total. The van der Waals surface area contributed by atoms with Gasteiger partial charge >= 0.3 is 242 Å². The molecule has 2 unspecified atom stereocenters. The van der Waals surface area contributed by atoms with E-state index in [0.29, 0.717) is 0 Å². The Morgan fingerprint density at radius 3 is 2.36 bits per heavy atom. The van der Waals surface area contributed by atoms with Crippen LogP contribution >= 0.6 is 17.2 Å². The van der Waals surface area contributed by atoms with Crippen LogP contribution in [-0.4, -0.2) is 9.13 Å². The Bertz CT molecular complexity index is 1810. The minimum absolute atomic E-state index is 0.0444. The maximum atomic E-state index is 8.16. The molecule has 3 aromatic carbocycles. The van der Waals surface area contributed by atoms with Gasteiger partial charge in [-0.15, -0.1) is 0 Å². The summed E-state index contributed by atoms with van der Waals surface area (Å²) in [6.45, 7) is 0. The molecular weight excluding hydrogens is 686 g/mol. The summed E-state index contributed by atoms with van der Waals surface area (Å²) in [5.74, 6) is 0. The number of aromatic nitrogens is 2. The second-order valence-electron chi connectivity index (χ2n) is 11.0. The van der Waals surface area contributed by atoms with Crippen molar-refractivity contribution in [2.75, 3.05) is 0 Å². The zero-order valence-corrected chi connectivity index (χ0v) is 26.6. The monoisotopic (exact) mass is 714 g/mol. The first-order valence-corrected chi connectivity index (χ1v) is 26.6. The average Bonchev–Trinajstić information content (AvgIpc) is 3.75. The van der Waals surface area contributed by atoms with Crippen molar-refractivity contribution in [3.63, 3.8) is 0 Å². The zero-order chi connectivity index (χ0) is 26.2. The van der Waals surface area contributed by atoms with Crippen LogP contribution in [0.2, 0.25) is 0 Å². The van der Waals surface area contributed by atoms with Gasteiger partial charge in [-0.05, 0) is 0 Å². The number of hydrogen-bond donors (Lipinski definition) is 0. The molecule has 5 heteroatoms. The number of hydrogen-bond acceptors (Lipinski definition) is 0. The van der Waals surface area contributed by atoms with E-state index in [1.165, 1.54) is 63.0 Å². The molecule has 0 saturated carbocycles. The fourth-order valence-electron chi connectivity index (χ4n) is 7.44. The van der Waals surface area contributed by atoms with E-state index in [1.54, 1.807) is 0 Å². The number of fused-ring (bicyclic) bond motifs is 5. The first-order valence-electron chi connectivity index (χ1n) is 13.8. The van der Waals surface area contributed by atoms with Crippen molar-refractivity contribution in [2.24, 2.45) is 0 Å². The van der Waals surface area contributed by atoms with Crippen molar-refractivity contribution in [2.45, 2.75) is 32.7 Å². The van der Waals surface area contributed by atoms with Gasteiger partial charge in [0.1, 0.15) is 0 Å². The van der Waals surface area contributed by atoms with E-state index in [9.17, 15) is 0 Å². The molecule has 8 rings (SSSR count). The molecule has 3 aliphatic carbocycles. The van der Waals surface area contributed by atoms with Crippen LogP contribution < -0.4 is 0 Å². The summed E-state index contributed by atoms with van der Waals surface area (Å²) in [6, 6.07) is 30.5. The van der Waals surface area contributed by atoms with Gasteiger partial charge in [0.25, 0.3) is 0 Å². The molecule has 0 radical (unpaired) electrons. The Morgan fingerprint density at radius 1 is 0.769 bits per heavy atom. The summed E-state index contributed by atoms with van der Waals surface area (Å²) < 4.78 is 4.23. The second-order valence-corrected chi connectivity index (χ2v) is 31.6. The Morgan fingerprint density at radius 2 is 1.49 bits per heavy atom. The van der Waals surface area contributed by atoms with Crippen LogP contribution in [0.25, 0.3) is 28.8 Å². The summed E-state index contributed by atoms with van der Waals surface area (Å²) in [7, 11) is 16.3. The molecule has 0 saturated heterocycles. The van der Waals surface area contributed by atoms with Crippen molar-refractivity contribution in [3.05, 3.63) is 137 Å². The van der Waals surface area contributed by atoms with E-state index in [1.807, 2.05) is 0 Å². The van der Waals surface area contributed by atoms with E-state index in [2.05, 4.69) is 125 Å². The fourth-order valence-corrected chi connectivity index (χ4v) is 26.5. The van der Waals surface area contributed by atoms with Crippen LogP contribution in [0.5, 0.6) is 0 Å². The van der Waals surface area contributed by atoms with E-state index in [0.717, 1.165) is 12.8 Å². The SMILES string of the molecule is [Cl][Hf]([Cl])([CH]1C(n2c3c(c4ccccc42)CCCC3)=Cc2ccccc21)[C]1(n2cccc2)C=Cc2ccccc21. The summed E-state index contributed by atoms with van der Waals surface area (Å²) in [5.41, 5.74) is 10.4. The summed E-state index contributed by atoms with van der Waals surface area (Å²) >= 11 is -4.55. The minimum atomic E-state index is -4.55. The van der Waals surface area contributed by atoms with E-state index >= 15 is 0 Å². The third-order valence-electron chi connectivity index (χ3n) is 9.10. The Labute approximate surface area is 240 Å². The summed E-state index contributed by atoms with van der Waals surface area (Å²) in [5, 5.41) is 1.38. The predicted molar refractivity (Wildman–Crippen MR) is 161 cm³/mol. The number of benzene rings is 3. The van der Waals surface area contributed by atoms with Crippen LogP contribution in [-0.2, 0) is 33.7 Å². The summed E-state index contributed by atoms with van der Waals surface area (Å²) in [6.07, 6.45) is 15.9. The Hall–Kier alpha value is -2.59. The molecule has 0 N–H and O–H groups in total. The van der Waals surface area contributed by atoms with Gasteiger partial charge in [-0.2, -0.15) is 0 Å². The molecule has 2 atom stereocenters. The average molecular weight is 714 g/mol. The molecule has 39 heavy (non-hydrogen) atoms. The van der Waals surface area contributed by atoms with Crippen LogP contribution in [0, 0.1) is 0 Å². The number of para-hydroxylation sites is 1. The van der Waals surface area contributed by atoms with Crippen molar-refractivity contribution < 1.29 is 17.6 Å². The second kappa shape index (κ2) is 8.96. The van der Waals surface area contributed by atoms with Gasteiger partial charge in [0, 0.05) is 0 Å². The standard InChI is InChI=1S/C21H18N.C13H10N.2ClH.Hf/c1-2-8-16-14-17(13-15(16)7-1)22-20-11-5-3-9-18(20)19-10-4-6-12-21(19)22;1-2-6-12-11(5-1)7-8-13(12)14-9-3-4-10-14;;;/h1-3,5,7-9,11,13-14H,4,6,10,12H2;1-10H;2*1H;/q;;;;+2/p-2. The molecule has 0 amide bonds. The van der Waals surface area contributed by atoms with Crippen molar-refractivity contribution >= 4 is 45.9 Å². The van der Waals surface area contributed by atoms with Gasteiger partial charge in [0.15, 0.2) is 0 Å². The van der Waals surface area contributed by atoms with E-state index in [-0.39, 0.29) is 3.67 Å².